The average Bonchev–Trinajstić information content (AvgIpc) is 2.89. The molecule has 1 aromatic carbocycles. The van der Waals surface area contributed by atoms with Crippen LogP contribution in [0.25, 0.3) is 0 Å². The van der Waals surface area contributed by atoms with Gasteiger partial charge >= 0.3 is 11.9 Å². The molecule has 1 unspecified atom stereocenters. The van der Waals surface area contributed by atoms with Crippen LogP contribution in [0.1, 0.15) is 26.7 Å². The van der Waals surface area contributed by atoms with Crippen molar-refractivity contribution in [3.63, 3.8) is 0 Å². The Bertz CT molecular complexity index is 572. The third-order valence-corrected chi connectivity index (χ3v) is 3.81. The van der Waals surface area contributed by atoms with Crippen LogP contribution in [0.3, 0.4) is 0 Å². The van der Waals surface area contributed by atoms with Gasteiger partial charge < -0.3 is 10.2 Å². The summed E-state index contributed by atoms with van der Waals surface area (Å²) in [5.74, 6) is -2.44. The van der Waals surface area contributed by atoms with Crippen LogP contribution >= 0.6 is 11.3 Å². The molecule has 98 valence electrons. The van der Waals surface area contributed by atoms with Crippen LogP contribution in [-0.4, -0.2) is 22.2 Å². The smallest absolute Gasteiger partial charge is 0.335 e. The Morgan fingerprint density at radius 3 is 2.26 bits per heavy atom. The normalized spacial score (nSPS) is 12.0. The third-order valence-electron chi connectivity index (χ3n) is 2.83. The zero-order chi connectivity index (χ0) is 13.8. The lowest BCUT2D eigenvalue weighted by molar-refractivity contribution is -0.138. The van der Waals surface area contributed by atoms with Gasteiger partial charge in [0.2, 0.25) is 0 Å². The molecule has 2 N–H and O–H groups in total. The monoisotopic (exact) mass is 276 g/mol. The lowest BCUT2D eigenvalue weighted by atomic mass is 9.97. The number of hydrogen-bond donors (Lipinski definition) is 2. The summed E-state index contributed by atoms with van der Waals surface area (Å²) < 4.78 is 0. The fourth-order valence-electron chi connectivity index (χ4n) is 1.82. The Labute approximate surface area is 114 Å². The number of rotatable bonds is 5. The van der Waals surface area contributed by atoms with Crippen molar-refractivity contribution in [3.8, 4) is 0 Å². The zero-order valence-electron chi connectivity index (χ0n) is 9.95. The van der Waals surface area contributed by atoms with Crippen LogP contribution in [0, 0.1) is 0 Å². The second-order valence-electron chi connectivity index (χ2n) is 4.11. The second-order valence-corrected chi connectivity index (χ2v) is 5.09. The van der Waals surface area contributed by atoms with Gasteiger partial charge in [-0.15, -0.1) is 11.3 Å². The highest BCUT2D eigenvalue weighted by Gasteiger charge is 2.21. The lowest BCUT2D eigenvalue weighted by Gasteiger charge is -2.10. The van der Waals surface area contributed by atoms with Crippen LogP contribution in [0.2, 0.25) is 0 Å². The van der Waals surface area contributed by atoms with Crippen molar-refractivity contribution in [2.45, 2.75) is 12.3 Å². The van der Waals surface area contributed by atoms with E-state index < -0.39 is 17.9 Å². The summed E-state index contributed by atoms with van der Waals surface area (Å²) in [6, 6.07) is 9.93. The molecule has 5 heteroatoms. The largest absolute Gasteiger partial charge is 0.481 e. The molecule has 0 saturated heterocycles. The van der Waals surface area contributed by atoms with Crippen molar-refractivity contribution in [2.75, 3.05) is 0 Å². The quantitative estimate of drug-likeness (QED) is 0.880. The molecule has 0 fully saturated rings. The molecule has 2 aromatic rings. The first-order valence-electron chi connectivity index (χ1n) is 5.66. The van der Waals surface area contributed by atoms with Crippen molar-refractivity contribution in [3.05, 3.63) is 57.8 Å². The van der Waals surface area contributed by atoms with E-state index in [2.05, 4.69) is 0 Å². The van der Waals surface area contributed by atoms with Gasteiger partial charge in [0.1, 0.15) is 0 Å². The Hall–Kier alpha value is -2.14. The van der Waals surface area contributed by atoms with Gasteiger partial charge in [-0.25, -0.2) is 4.79 Å². The van der Waals surface area contributed by atoms with Gasteiger partial charge in [0.25, 0.3) is 0 Å². The first-order valence-corrected chi connectivity index (χ1v) is 6.54. The van der Waals surface area contributed by atoms with Gasteiger partial charge in [0, 0.05) is 4.88 Å². The highest BCUT2D eigenvalue weighted by Crippen LogP contribution is 2.25. The summed E-state index contributed by atoms with van der Waals surface area (Å²) in [7, 11) is 0. The summed E-state index contributed by atoms with van der Waals surface area (Å²) >= 11 is 1.41. The first-order chi connectivity index (χ1) is 9.08. The fourth-order valence-corrected chi connectivity index (χ4v) is 2.64. The maximum Gasteiger partial charge on any atom is 0.335 e. The molecule has 0 aliphatic heterocycles. The molecule has 1 heterocycles. The second kappa shape index (κ2) is 5.67. The van der Waals surface area contributed by atoms with Crippen molar-refractivity contribution in [1.82, 2.24) is 0 Å². The Morgan fingerprint density at radius 2 is 1.79 bits per heavy atom. The standard InChI is InChI=1S/C14H12O4S/c15-13(16)10-5-3-9(4-6-10)8-11(14(17)18)12-2-1-7-19-12/h1-7,11H,8H2,(H,15,16)(H,17,18). The van der Waals surface area contributed by atoms with E-state index >= 15 is 0 Å². The van der Waals surface area contributed by atoms with Crippen LogP contribution in [-0.2, 0) is 11.2 Å². The third kappa shape index (κ3) is 3.20. The Balaban J connectivity index is 2.18. The summed E-state index contributed by atoms with van der Waals surface area (Å²) in [6.07, 6.45) is 0.357. The minimum atomic E-state index is -0.986. The molecule has 0 saturated carbocycles. The molecular weight excluding hydrogens is 264 g/mol. The number of aliphatic carboxylic acids is 1. The van der Waals surface area contributed by atoms with Crippen molar-refractivity contribution < 1.29 is 19.8 Å². The van der Waals surface area contributed by atoms with E-state index in [4.69, 9.17) is 5.11 Å². The number of carboxylic acids is 2. The average molecular weight is 276 g/mol. The Morgan fingerprint density at radius 1 is 1.11 bits per heavy atom. The van der Waals surface area contributed by atoms with Gasteiger partial charge in [0.15, 0.2) is 0 Å². The summed E-state index contributed by atoms with van der Waals surface area (Å²) in [5.41, 5.74) is 1.01. The highest BCUT2D eigenvalue weighted by molar-refractivity contribution is 7.10. The molecule has 0 spiro atoms. The molecule has 0 amide bonds. The molecule has 4 nitrogen and oxygen atoms in total. The summed E-state index contributed by atoms with van der Waals surface area (Å²) in [4.78, 5) is 22.8. The molecule has 0 aliphatic carbocycles. The van der Waals surface area contributed by atoms with E-state index in [-0.39, 0.29) is 5.56 Å². The summed E-state index contributed by atoms with van der Waals surface area (Å²) in [6.45, 7) is 0. The molecule has 0 bridgehead atoms. The molecule has 1 atom stereocenters. The van der Waals surface area contributed by atoms with E-state index in [1.807, 2.05) is 11.4 Å². The molecule has 0 aliphatic rings. The Kier molecular flexibility index (Phi) is 3.97. The van der Waals surface area contributed by atoms with Gasteiger partial charge in [-0.3, -0.25) is 4.79 Å². The van der Waals surface area contributed by atoms with E-state index in [1.54, 1.807) is 18.2 Å². The van der Waals surface area contributed by atoms with Crippen molar-refractivity contribution >= 4 is 23.3 Å². The predicted molar refractivity (Wildman–Crippen MR) is 71.8 cm³/mol. The van der Waals surface area contributed by atoms with Crippen LogP contribution in [0.5, 0.6) is 0 Å². The fraction of sp³-hybridized carbons (Fsp3) is 0.143. The van der Waals surface area contributed by atoms with E-state index in [9.17, 15) is 14.7 Å². The first kappa shape index (κ1) is 13.3. The minimum Gasteiger partial charge on any atom is -0.481 e. The zero-order valence-corrected chi connectivity index (χ0v) is 10.8. The van der Waals surface area contributed by atoms with Crippen LogP contribution in [0.4, 0.5) is 0 Å². The van der Waals surface area contributed by atoms with Gasteiger partial charge in [-0.1, -0.05) is 18.2 Å². The van der Waals surface area contributed by atoms with Gasteiger partial charge in [-0.2, -0.15) is 0 Å². The maximum atomic E-state index is 11.3. The lowest BCUT2D eigenvalue weighted by Crippen LogP contribution is -2.13. The molecule has 0 radical (unpaired) electrons. The minimum absolute atomic E-state index is 0.201. The SMILES string of the molecule is O=C(O)c1ccc(CC(C(=O)O)c2cccs2)cc1. The van der Waals surface area contributed by atoms with Crippen molar-refractivity contribution in [1.29, 1.82) is 0 Å². The van der Waals surface area contributed by atoms with Crippen LogP contribution in [0.15, 0.2) is 41.8 Å². The topological polar surface area (TPSA) is 74.6 Å². The van der Waals surface area contributed by atoms with Gasteiger partial charge in [0.05, 0.1) is 11.5 Å². The van der Waals surface area contributed by atoms with E-state index in [1.165, 1.54) is 23.5 Å². The predicted octanol–water partition coefficient (Wildman–Crippen LogP) is 2.86. The van der Waals surface area contributed by atoms with E-state index in [0.717, 1.165) is 10.4 Å². The number of hydrogen-bond acceptors (Lipinski definition) is 3. The van der Waals surface area contributed by atoms with Crippen molar-refractivity contribution in [2.24, 2.45) is 0 Å². The molecule has 19 heavy (non-hydrogen) atoms. The number of thiophene rings is 1. The molecular formula is C14H12O4S. The number of carbonyl (C=O) groups is 2. The number of benzene rings is 1. The molecule has 2 rings (SSSR count). The molecule has 1 aromatic heterocycles. The van der Waals surface area contributed by atoms with E-state index in [0.29, 0.717) is 6.42 Å². The van der Waals surface area contributed by atoms with Gasteiger partial charge in [-0.05, 0) is 35.6 Å². The number of aromatic carboxylic acids is 1. The highest BCUT2D eigenvalue weighted by atomic mass is 32.1. The number of carboxylic acid groups (broad SMARTS) is 2. The van der Waals surface area contributed by atoms with Crippen LogP contribution < -0.4 is 0 Å². The maximum absolute atomic E-state index is 11.3. The summed E-state index contributed by atoms with van der Waals surface area (Å²) in [5, 5.41) is 19.9.